The number of nitrogens with zero attached hydrogens (tertiary/aromatic N) is 3. The number of rotatable bonds is 4. The molecule has 0 spiro atoms. The molecule has 0 radical (unpaired) electrons. The first kappa shape index (κ1) is 17.3. The Labute approximate surface area is 146 Å². The molecule has 0 aliphatic rings. The number of aryl methyl sites for hydroxylation is 2. The van der Waals surface area contributed by atoms with Crippen molar-refractivity contribution in [2.24, 2.45) is 0 Å². The van der Waals surface area contributed by atoms with Gasteiger partial charge < -0.3 is 4.74 Å². The van der Waals surface area contributed by atoms with Crippen LogP contribution in [0, 0.1) is 13.8 Å². The van der Waals surface area contributed by atoms with Gasteiger partial charge in [-0.2, -0.15) is 18.3 Å². The molecule has 0 aliphatic carbocycles. The van der Waals surface area contributed by atoms with Crippen molar-refractivity contribution in [3.05, 3.63) is 58.2 Å². The van der Waals surface area contributed by atoms with E-state index in [4.69, 9.17) is 4.74 Å². The fourth-order valence-electron chi connectivity index (χ4n) is 2.05. The molecule has 2 aromatic heterocycles. The summed E-state index contributed by atoms with van der Waals surface area (Å²) in [5, 5.41) is 10.4. The number of ether oxygens (including phenoxy) is 1. The van der Waals surface area contributed by atoms with E-state index in [-0.39, 0.29) is 6.61 Å². The molecule has 8 heteroatoms. The number of hydrogen-bond donors (Lipinski definition) is 0. The van der Waals surface area contributed by atoms with Crippen LogP contribution in [-0.2, 0) is 12.8 Å². The van der Waals surface area contributed by atoms with Crippen molar-refractivity contribution < 1.29 is 17.9 Å². The maximum absolute atomic E-state index is 12.6. The van der Waals surface area contributed by atoms with E-state index in [1.807, 2.05) is 19.2 Å². The van der Waals surface area contributed by atoms with Gasteiger partial charge in [0, 0.05) is 17.0 Å². The number of hydrogen-bond acceptors (Lipinski definition) is 5. The summed E-state index contributed by atoms with van der Waals surface area (Å²) in [5.74, 6) is 0.409. The zero-order valence-electron chi connectivity index (χ0n) is 13.5. The first-order chi connectivity index (χ1) is 11.8. The number of thiazole rings is 1. The van der Waals surface area contributed by atoms with Crippen molar-refractivity contribution in [3.8, 4) is 16.5 Å². The number of benzene rings is 1. The minimum absolute atomic E-state index is 0.217. The third kappa shape index (κ3) is 4.14. The average molecular weight is 365 g/mol. The Balaban J connectivity index is 1.68. The van der Waals surface area contributed by atoms with Gasteiger partial charge in [-0.3, -0.25) is 0 Å². The summed E-state index contributed by atoms with van der Waals surface area (Å²) >= 11 is 1.35. The molecule has 0 bridgehead atoms. The van der Waals surface area contributed by atoms with Gasteiger partial charge in [0.05, 0.1) is 17.0 Å². The van der Waals surface area contributed by atoms with Gasteiger partial charge in [-0.05, 0) is 31.5 Å². The SMILES string of the molecule is Cc1cc(OCc2csc(-c3ccc(C(F)(F)F)cc3)n2)nnc1C. The normalized spacial score (nSPS) is 11.6. The summed E-state index contributed by atoms with van der Waals surface area (Å²) < 4.78 is 43.4. The predicted octanol–water partition coefficient (Wildman–Crippen LogP) is 4.81. The highest BCUT2D eigenvalue weighted by Gasteiger charge is 2.30. The Morgan fingerprint density at radius 1 is 1.08 bits per heavy atom. The smallest absolute Gasteiger partial charge is 0.416 e. The second-order valence-corrected chi connectivity index (χ2v) is 6.32. The highest BCUT2D eigenvalue weighted by atomic mass is 32.1. The molecule has 0 unspecified atom stereocenters. The largest absolute Gasteiger partial charge is 0.470 e. The highest BCUT2D eigenvalue weighted by molar-refractivity contribution is 7.13. The molecule has 3 aromatic rings. The molecule has 0 fully saturated rings. The van der Waals surface area contributed by atoms with Crippen molar-refractivity contribution in [1.82, 2.24) is 15.2 Å². The molecule has 0 saturated heterocycles. The Hall–Kier alpha value is -2.48. The Morgan fingerprint density at radius 2 is 1.80 bits per heavy atom. The van der Waals surface area contributed by atoms with E-state index in [0.717, 1.165) is 23.4 Å². The van der Waals surface area contributed by atoms with Crippen molar-refractivity contribution in [3.63, 3.8) is 0 Å². The fraction of sp³-hybridized carbons (Fsp3) is 0.235. The van der Waals surface area contributed by atoms with Crippen LogP contribution in [0.5, 0.6) is 5.88 Å². The molecule has 130 valence electrons. The van der Waals surface area contributed by atoms with Gasteiger partial charge in [0.2, 0.25) is 5.88 Å². The van der Waals surface area contributed by atoms with Crippen molar-refractivity contribution >= 4 is 11.3 Å². The van der Waals surface area contributed by atoms with Crippen molar-refractivity contribution in [2.45, 2.75) is 26.6 Å². The standard InChI is InChI=1S/C17H14F3N3OS/c1-10-7-15(23-22-11(10)2)24-8-14-9-25-16(21-14)12-3-5-13(6-4-12)17(18,19)20/h3-7,9H,8H2,1-2H3. The third-order valence-electron chi connectivity index (χ3n) is 3.59. The van der Waals surface area contributed by atoms with E-state index in [1.54, 1.807) is 6.07 Å². The topological polar surface area (TPSA) is 47.9 Å². The molecule has 0 saturated carbocycles. The molecule has 0 N–H and O–H groups in total. The second kappa shape index (κ2) is 6.79. The van der Waals surface area contributed by atoms with E-state index in [0.29, 0.717) is 22.1 Å². The van der Waals surface area contributed by atoms with Gasteiger partial charge in [0.25, 0.3) is 0 Å². The molecule has 0 amide bonds. The molecule has 0 atom stereocenters. The van der Waals surface area contributed by atoms with E-state index < -0.39 is 11.7 Å². The maximum Gasteiger partial charge on any atom is 0.416 e. The Kier molecular flexibility index (Phi) is 4.71. The number of alkyl halides is 3. The first-order valence-electron chi connectivity index (χ1n) is 7.38. The Morgan fingerprint density at radius 3 is 2.44 bits per heavy atom. The lowest BCUT2D eigenvalue weighted by Crippen LogP contribution is -2.04. The molecular formula is C17H14F3N3OS. The summed E-state index contributed by atoms with van der Waals surface area (Å²) in [7, 11) is 0. The van der Waals surface area contributed by atoms with Gasteiger partial charge in [0.15, 0.2) is 0 Å². The van der Waals surface area contributed by atoms with Crippen LogP contribution >= 0.6 is 11.3 Å². The molecule has 25 heavy (non-hydrogen) atoms. The van der Waals surface area contributed by atoms with Gasteiger partial charge >= 0.3 is 6.18 Å². The molecule has 0 aliphatic heterocycles. The molecule has 4 nitrogen and oxygen atoms in total. The van der Waals surface area contributed by atoms with Crippen LogP contribution < -0.4 is 4.74 Å². The zero-order valence-corrected chi connectivity index (χ0v) is 14.3. The predicted molar refractivity (Wildman–Crippen MR) is 88.4 cm³/mol. The van der Waals surface area contributed by atoms with Crippen LogP contribution in [-0.4, -0.2) is 15.2 Å². The van der Waals surface area contributed by atoms with Crippen LogP contribution in [0.15, 0.2) is 35.7 Å². The third-order valence-corrected chi connectivity index (χ3v) is 4.53. The number of halogens is 3. The van der Waals surface area contributed by atoms with E-state index in [1.165, 1.54) is 23.5 Å². The van der Waals surface area contributed by atoms with E-state index in [9.17, 15) is 13.2 Å². The summed E-state index contributed by atoms with van der Waals surface area (Å²) in [6.45, 7) is 4.00. The van der Waals surface area contributed by atoms with Crippen molar-refractivity contribution in [2.75, 3.05) is 0 Å². The lowest BCUT2D eigenvalue weighted by molar-refractivity contribution is -0.137. The van der Waals surface area contributed by atoms with Crippen LogP contribution in [0.4, 0.5) is 13.2 Å². The second-order valence-electron chi connectivity index (χ2n) is 5.46. The quantitative estimate of drug-likeness (QED) is 0.665. The Bertz CT molecular complexity index is 876. The van der Waals surface area contributed by atoms with E-state index >= 15 is 0 Å². The van der Waals surface area contributed by atoms with Crippen LogP contribution in [0.1, 0.15) is 22.5 Å². The summed E-state index contributed by atoms with van der Waals surface area (Å²) in [6, 6.07) is 6.74. The molecular weight excluding hydrogens is 351 g/mol. The first-order valence-corrected chi connectivity index (χ1v) is 8.26. The monoisotopic (exact) mass is 365 g/mol. The number of aromatic nitrogens is 3. The summed E-state index contributed by atoms with van der Waals surface area (Å²) in [4.78, 5) is 4.39. The minimum Gasteiger partial charge on any atom is -0.470 e. The molecule has 3 rings (SSSR count). The highest BCUT2D eigenvalue weighted by Crippen LogP contribution is 2.31. The van der Waals surface area contributed by atoms with Gasteiger partial charge in [-0.15, -0.1) is 16.4 Å². The van der Waals surface area contributed by atoms with Crippen LogP contribution in [0.2, 0.25) is 0 Å². The van der Waals surface area contributed by atoms with Gasteiger partial charge in [-0.1, -0.05) is 12.1 Å². The maximum atomic E-state index is 12.6. The van der Waals surface area contributed by atoms with Crippen LogP contribution in [0.3, 0.4) is 0 Å². The average Bonchev–Trinajstić information content (AvgIpc) is 3.04. The zero-order chi connectivity index (χ0) is 18.0. The fourth-order valence-corrected chi connectivity index (χ4v) is 2.86. The molecule has 1 aromatic carbocycles. The van der Waals surface area contributed by atoms with Gasteiger partial charge in [-0.25, -0.2) is 4.98 Å². The van der Waals surface area contributed by atoms with Crippen LogP contribution in [0.25, 0.3) is 10.6 Å². The minimum atomic E-state index is -4.34. The lowest BCUT2D eigenvalue weighted by Gasteiger charge is -2.06. The van der Waals surface area contributed by atoms with Gasteiger partial charge in [0.1, 0.15) is 11.6 Å². The van der Waals surface area contributed by atoms with Crippen molar-refractivity contribution in [1.29, 1.82) is 0 Å². The lowest BCUT2D eigenvalue weighted by atomic mass is 10.1. The van der Waals surface area contributed by atoms with E-state index in [2.05, 4.69) is 15.2 Å². The molecule has 2 heterocycles. The summed E-state index contributed by atoms with van der Waals surface area (Å²) in [5.41, 5.74) is 2.46. The summed E-state index contributed by atoms with van der Waals surface area (Å²) in [6.07, 6.45) is -4.34.